The number of rotatable bonds is 9. The van der Waals surface area contributed by atoms with Gasteiger partial charge in [-0.2, -0.15) is 0 Å². The van der Waals surface area contributed by atoms with E-state index in [1.165, 1.54) is 0 Å². The summed E-state index contributed by atoms with van der Waals surface area (Å²) < 4.78 is 21.7. The Labute approximate surface area is 119 Å². The summed E-state index contributed by atoms with van der Waals surface area (Å²) >= 11 is 0. The average Bonchev–Trinajstić information content (AvgIpc) is 2.46. The number of hydrogen-bond donors (Lipinski definition) is 0. The van der Waals surface area contributed by atoms with Gasteiger partial charge >= 0.3 is 11.9 Å². The molecule has 0 N–H and O–H groups in total. The van der Waals surface area contributed by atoms with Crippen LogP contribution in [0, 0.1) is 0 Å². The Morgan fingerprint density at radius 3 is 2.10 bits per heavy atom. The Kier molecular flexibility index (Phi) is 7.22. The molecule has 0 atom stereocenters. The normalized spacial score (nSPS) is 11.3. The van der Waals surface area contributed by atoms with Crippen molar-refractivity contribution in [2.24, 2.45) is 0 Å². The third kappa shape index (κ3) is 4.92. The standard InChI is InChI=1S/C15H22O5/c1-4-17-12-15(18-5-2,19-6-3)20-14(16)13-10-8-7-9-11-13/h7-11H,4-6,12H2,1-3H3. The van der Waals surface area contributed by atoms with E-state index in [0.717, 1.165) is 0 Å². The number of benzene rings is 1. The second-order valence-corrected chi connectivity index (χ2v) is 3.94. The molecular formula is C15H22O5. The second kappa shape index (κ2) is 8.68. The van der Waals surface area contributed by atoms with Crippen LogP contribution in [0.15, 0.2) is 30.3 Å². The van der Waals surface area contributed by atoms with Crippen molar-refractivity contribution in [2.45, 2.75) is 26.7 Å². The van der Waals surface area contributed by atoms with Gasteiger partial charge in [0.2, 0.25) is 0 Å². The summed E-state index contributed by atoms with van der Waals surface area (Å²) in [5, 5.41) is 0. The fraction of sp³-hybridized carbons (Fsp3) is 0.533. The lowest BCUT2D eigenvalue weighted by molar-refractivity contribution is -0.368. The van der Waals surface area contributed by atoms with Crippen LogP contribution in [0.3, 0.4) is 0 Å². The molecule has 1 aromatic carbocycles. The van der Waals surface area contributed by atoms with Gasteiger partial charge in [-0.1, -0.05) is 18.2 Å². The van der Waals surface area contributed by atoms with E-state index in [1.807, 2.05) is 13.0 Å². The van der Waals surface area contributed by atoms with Crippen molar-refractivity contribution < 1.29 is 23.7 Å². The largest absolute Gasteiger partial charge is 0.402 e. The topological polar surface area (TPSA) is 54.0 Å². The molecule has 0 saturated heterocycles. The molecule has 112 valence electrons. The molecule has 0 radical (unpaired) electrons. The third-order valence-corrected chi connectivity index (χ3v) is 2.47. The lowest BCUT2D eigenvalue weighted by Crippen LogP contribution is -2.45. The first-order chi connectivity index (χ1) is 9.67. The minimum atomic E-state index is -1.49. The van der Waals surface area contributed by atoms with Gasteiger partial charge in [0.05, 0.1) is 18.8 Å². The van der Waals surface area contributed by atoms with Crippen LogP contribution in [0.4, 0.5) is 0 Å². The monoisotopic (exact) mass is 282 g/mol. The maximum atomic E-state index is 12.1. The summed E-state index contributed by atoms with van der Waals surface area (Å²) in [7, 11) is 0. The van der Waals surface area contributed by atoms with Gasteiger partial charge in [-0.05, 0) is 32.9 Å². The van der Waals surface area contributed by atoms with Gasteiger partial charge in [-0.25, -0.2) is 4.79 Å². The Balaban J connectivity index is 2.83. The maximum Gasteiger partial charge on any atom is 0.354 e. The Morgan fingerprint density at radius 2 is 1.60 bits per heavy atom. The van der Waals surface area contributed by atoms with Crippen LogP contribution in [-0.2, 0) is 18.9 Å². The number of carbonyl (C=O) groups excluding carboxylic acids is 1. The third-order valence-electron chi connectivity index (χ3n) is 2.47. The minimum Gasteiger partial charge on any atom is -0.402 e. The van der Waals surface area contributed by atoms with Crippen molar-refractivity contribution in [3.05, 3.63) is 35.9 Å². The molecule has 0 saturated carbocycles. The van der Waals surface area contributed by atoms with E-state index in [-0.39, 0.29) is 6.61 Å². The Bertz CT molecular complexity index is 385. The van der Waals surface area contributed by atoms with Crippen molar-refractivity contribution >= 4 is 5.97 Å². The van der Waals surface area contributed by atoms with Crippen LogP contribution in [-0.4, -0.2) is 38.4 Å². The molecule has 1 aromatic rings. The van der Waals surface area contributed by atoms with E-state index in [4.69, 9.17) is 18.9 Å². The molecule has 0 heterocycles. The minimum absolute atomic E-state index is 0.0315. The maximum absolute atomic E-state index is 12.1. The predicted octanol–water partition coefficient (Wildman–Crippen LogP) is 2.61. The van der Waals surface area contributed by atoms with Crippen LogP contribution in [0.25, 0.3) is 0 Å². The highest BCUT2D eigenvalue weighted by Crippen LogP contribution is 2.19. The van der Waals surface area contributed by atoms with Crippen molar-refractivity contribution in [1.82, 2.24) is 0 Å². The summed E-state index contributed by atoms with van der Waals surface area (Å²) in [6.07, 6.45) is 0. The molecular weight excluding hydrogens is 260 g/mol. The molecule has 0 unspecified atom stereocenters. The number of carbonyl (C=O) groups is 1. The Morgan fingerprint density at radius 1 is 1.00 bits per heavy atom. The van der Waals surface area contributed by atoms with E-state index in [9.17, 15) is 4.79 Å². The summed E-state index contributed by atoms with van der Waals surface area (Å²) in [4.78, 5) is 12.1. The predicted molar refractivity (Wildman–Crippen MR) is 74.3 cm³/mol. The summed E-state index contributed by atoms with van der Waals surface area (Å²) in [6, 6.07) is 8.71. The van der Waals surface area contributed by atoms with E-state index >= 15 is 0 Å². The highest BCUT2D eigenvalue weighted by Gasteiger charge is 2.37. The van der Waals surface area contributed by atoms with E-state index in [0.29, 0.717) is 25.4 Å². The number of ether oxygens (including phenoxy) is 4. The summed E-state index contributed by atoms with van der Waals surface area (Å²) in [5.41, 5.74) is 0.438. The fourth-order valence-corrected chi connectivity index (χ4v) is 1.65. The van der Waals surface area contributed by atoms with Gasteiger partial charge in [0, 0.05) is 6.61 Å². The van der Waals surface area contributed by atoms with Gasteiger partial charge in [0.25, 0.3) is 0 Å². The molecule has 0 fully saturated rings. The van der Waals surface area contributed by atoms with Crippen LogP contribution in [0.1, 0.15) is 31.1 Å². The fourth-order valence-electron chi connectivity index (χ4n) is 1.65. The molecule has 0 aromatic heterocycles. The van der Waals surface area contributed by atoms with Crippen LogP contribution in [0.2, 0.25) is 0 Å². The van der Waals surface area contributed by atoms with Crippen LogP contribution >= 0.6 is 0 Å². The first-order valence-corrected chi connectivity index (χ1v) is 6.81. The van der Waals surface area contributed by atoms with Gasteiger partial charge in [-0.3, -0.25) is 0 Å². The van der Waals surface area contributed by atoms with Gasteiger partial charge in [0.15, 0.2) is 0 Å². The molecule has 1 rings (SSSR count). The lowest BCUT2D eigenvalue weighted by atomic mass is 10.2. The van der Waals surface area contributed by atoms with Crippen LogP contribution < -0.4 is 0 Å². The van der Waals surface area contributed by atoms with Crippen LogP contribution in [0.5, 0.6) is 0 Å². The van der Waals surface area contributed by atoms with Crippen molar-refractivity contribution in [1.29, 1.82) is 0 Å². The highest BCUT2D eigenvalue weighted by molar-refractivity contribution is 5.89. The number of esters is 1. The molecule has 0 amide bonds. The van der Waals surface area contributed by atoms with E-state index in [1.54, 1.807) is 38.1 Å². The zero-order chi connectivity index (χ0) is 14.8. The highest BCUT2D eigenvalue weighted by atomic mass is 16.9. The summed E-state index contributed by atoms with van der Waals surface area (Å²) in [5.74, 6) is -2.00. The molecule has 20 heavy (non-hydrogen) atoms. The van der Waals surface area contributed by atoms with E-state index in [2.05, 4.69) is 0 Å². The molecule has 5 nitrogen and oxygen atoms in total. The molecule has 0 aliphatic carbocycles. The quantitative estimate of drug-likeness (QED) is 0.515. The molecule has 0 spiro atoms. The van der Waals surface area contributed by atoms with Gasteiger partial charge in [-0.15, -0.1) is 0 Å². The number of hydrogen-bond acceptors (Lipinski definition) is 5. The first kappa shape index (κ1) is 16.6. The zero-order valence-electron chi connectivity index (χ0n) is 12.3. The van der Waals surface area contributed by atoms with Gasteiger partial charge in [0.1, 0.15) is 6.61 Å². The van der Waals surface area contributed by atoms with Crippen molar-refractivity contribution in [3.8, 4) is 0 Å². The second-order valence-electron chi connectivity index (χ2n) is 3.94. The van der Waals surface area contributed by atoms with E-state index < -0.39 is 11.9 Å². The molecule has 0 aliphatic rings. The molecule has 5 heteroatoms. The molecule has 0 aliphatic heterocycles. The van der Waals surface area contributed by atoms with Crippen molar-refractivity contribution in [3.63, 3.8) is 0 Å². The summed E-state index contributed by atoms with van der Waals surface area (Å²) in [6.45, 7) is 6.65. The molecule has 0 bridgehead atoms. The lowest BCUT2D eigenvalue weighted by Gasteiger charge is -2.31. The zero-order valence-corrected chi connectivity index (χ0v) is 12.3. The average molecular weight is 282 g/mol. The van der Waals surface area contributed by atoms with Crippen molar-refractivity contribution in [2.75, 3.05) is 26.4 Å². The smallest absolute Gasteiger partial charge is 0.354 e. The first-order valence-electron chi connectivity index (χ1n) is 6.81. The van der Waals surface area contributed by atoms with Gasteiger partial charge < -0.3 is 18.9 Å². The SMILES string of the molecule is CCOCC(OCC)(OCC)OC(=O)c1ccccc1. The Hall–Kier alpha value is -1.43.